The van der Waals surface area contributed by atoms with Crippen molar-refractivity contribution < 1.29 is 4.79 Å². The van der Waals surface area contributed by atoms with Crippen LogP contribution in [0.3, 0.4) is 0 Å². The first kappa shape index (κ1) is 24.7. The summed E-state index contributed by atoms with van der Waals surface area (Å²) in [6, 6.07) is 3.89. The molecular formula is C26H45NO. The van der Waals surface area contributed by atoms with Crippen LogP contribution in [-0.2, 0) is 6.42 Å². The highest BCUT2D eigenvalue weighted by Gasteiger charge is 1.97. The van der Waals surface area contributed by atoms with Crippen LogP contribution in [0, 0.1) is 0 Å². The lowest BCUT2D eigenvalue weighted by Gasteiger charge is -2.02. The van der Waals surface area contributed by atoms with E-state index in [1.165, 1.54) is 115 Å². The van der Waals surface area contributed by atoms with E-state index in [0.29, 0.717) is 5.69 Å². The van der Waals surface area contributed by atoms with Gasteiger partial charge in [-0.3, -0.25) is 4.79 Å². The van der Waals surface area contributed by atoms with Gasteiger partial charge in [0.1, 0.15) is 0 Å². The van der Waals surface area contributed by atoms with E-state index >= 15 is 0 Å². The fourth-order valence-electron chi connectivity index (χ4n) is 3.77. The van der Waals surface area contributed by atoms with Crippen LogP contribution in [-0.4, -0.2) is 11.3 Å². The molecule has 0 aromatic carbocycles. The van der Waals surface area contributed by atoms with Crippen LogP contribution in [0.4, 0.5) is 0 Å². The van der Waals surface area contributed by atoms with Gasteiger partial charge in [-0.1, -0.05) is 96.1 Å². The molecule has 1 heterocycles. The van der Waals surface area contributed by atoms with Crippen molar-refractivity contribution >= 4 is 6.29 Å². The molecular weight excluding hydrogens is 342 g/mol. The SMILES string of the molecule is CCCCCCCCCCCCCCC=CCCCCCc1ccc(C=O)[nH]1. The van der Waals surface area contributed by atoms with Crippen LogP contribution < -0.4 is 0 Å². The number of allylic oxidation sites excluding steroid dienone is 2. The first-order valence-corrected chi connectivity index (χ1v) is 12.1. The van der Waals surface area contributed by atoms with Gasteiger partial charge >= 0.3 is 0 Å². The largest absolute Gasteiger partial charge is 0.356 e. The maximum atomic E-state index is 10.6. The van der Waals surface area contributed by atoms with Gasteiger partial charge in [0.15, 0.2) is 6.29 Å². The first-order chi connectivity index (χ1) is 13.9. The summed E-state index contributed by atoms with van der Waals surface area (Å²) in [5.41, 5.74) is 1.88. The molecule has 0 bridgehead atoms. The fraction of sp³-hybridized carbons (Fsp3) is 0.731. The lowest BCUT2D eigenvalue weighted by atomic mass is 10.0. The van der Waals surface area contributed by atoms with E-state index in [9.17, 15) is 4.79 Å². The molecule has 0 unspecified atom stereocenters. The topological polar surface area (TPSA) is 32.9 Å². The normalized spacial score (nSPS) is 11.5. The fourth-order valence-corrected chi connectivity index (χ4v) is 3.77. The van der Waals surface area contributed by atoms with Gasteiger partial charge in [0.25, 0.3) is 0 Å². The predicted octanol–water partition coefficient (Wildman–Crippen LogP) is 8.58. The van der Waals surface area contributed by atoms with Crippen molar-refractivity contribution in [2.75, 3.05) is 0 Å². The van der Waals surface area contributed by atoms with Crippen molar-refractivity contribution in [1.29, 1.82) is 0 Å². The first-order valence-electron chi connectivity index (χ1n) is 12.1. The lowest BCUT2D eigenvalue weighted by Crippen LogP contribution is -1.87. The summed E-state index contributed by atoms with van der Waals surface area (Å²) < 4.78 is 0. The number of hydrogen-bond donors (Lipinski definition) is 1. The third-order valence-electron chi connectivity index (χ3n) is 5.60. The summed E-state index contributed by atoms with van der Waals surface area (Å²) in [4.78, 5) is 13.8. The summed E-state index contributed by atoms with van der Waals surface area (Å²) in [5.74, 6) is 0. The maximum Gasteiger partial charge on any atom is 0.166 e. The van der Waals surface area contributed by atoms with E-state index < -0.39 is 0 Å². The minimum Gasteiger partial charge on any atom is -0.356 e. The summed E-state index contributed by atoms with van der Waals surface area (Å²) in [6.07, 6.45) is 30.0. The number of aromatic nitrogens is 1. The second kappa shape index (κ2) is 19.0. The third kappa shape index (κ3) is 14.7. The molecule has 0 amide bonds. The van der Waals surface area contributed by atoms with Gasteiger partial charge < -0.3 is 4.98 Å². The van der Waals surface area contributed by atoms with Crippen LogP contribution in [0.2, 0.25) is 0 Å². The highest BCUT2D eigenvalue weighted by atomic mass is 16.1. The number of nitrogens with one attached hydrogen (secondary N) is 1. The Hall–Kier alpha value is -1.31. The van der Waals surface area contributed by atoms with E-state index in [1.807, 2.05) is 12.1 Å². The Labute approximate surface area is 174 Å². The Morgan fingerprint density at radius 2 is 1.18 bits per heavy atom. The van der Waals surface area contributed by atoms with Crippen LogP contribution in [0.5, 0.6) is 0 Å². The number of carbonyl (C=O) groups excluding carboxylic acids is 1. The van der Waals surface area contributed by atoms with Crippen LogP contribution in [0.1, 0.15) is 132 Å². The highest BCUT2D eigenvalue weighted by molar-refractivity contribution is 5.71. The summed E-state index contributed by atoms with van der Waals surface area (Å²) >= 11 is 0. The Bertz CT molecular complexity index is 488. The van der Waals surface area contributed by atoms with E-state index in [2.05, 4.69) is 24.1 Å². The molecule has 28 heavy (non-hydrogen) atoms. The molecule has 0 aliphatic carbocycles. The van der Waals surface area contributed by atoms with Crippen LogP contribution in [0.15, 0.2) is 24.3 Å². The van der Waals surface area contributed by atoms with Gasteiger partial charge in [-0.05, 0) is 50.7 Å². The third-order valence-corrected chi connectivity index (χ3v) is 5.60. The second-order valence-electron chi connectivity index (χ2n) is 8.31. The predicted molar refractivity (Wildman–Crippen MR) is 123 cm³/mol. The van der Waals surface area contributed by atoms with Crippen molar-refractivity contribution in [1.82, 2.24) is 4.98 Å². The molecule has 0 aliphatic rings. The monoisotopic (exact) mass is 387 g/mol. The van der Waals surface area contributed by atoms with Gasteiger partial charge in [0.2, 0.25) is 0 Å². The number of rotatable bonds is 20. The summed E-state index contributed by atoms with van der Waals surface area (Å²) in [5, 5.41) is 0. The number of unbranched alkanes of at least 4 members (excludes halogenated alkanes) is 15. The van der Waals surface area contributed by atoms with Crippen molar-refractivity contribution in [2.24, 2.45) is 0 Å². The highest BCUT2D eigenvalue weighted by Crippen LogP contribution is 2.13. The van der Waals surface area contributed by atoms with Crippen molar-refractivity contribution in [3.05, 3.63) is 35.7 Å². The molecule has 1 rings (SSSR count). The Kier molecular flexibility index (Phi) is 16.8. The van der Waals surface area contributed by atoms with Gasteiger partial charge in [-0.15, -0.1) is 0 Å². The molecule has 0 saturated carbocycles. The second-order valence-corrected chi connectivity index (χ2v) is 8.31. The zero-order chi connectivity index (χ0) is 20.1. The van der Waals surface area contributed by atoms with Gasteiger partial charge in [-0.25, -0.2) is 0 Å². The number of hydrogen-bond acceptors (Lipinski definition) is 1. The summed E-state index contributed by atoms with van der Waals surface area (Å²) in [6.45, 7) is 2.29. The standard InChI is InChI=1S/C26H45NO/c1-2-3-4-5-6-7-8-9-10-11-12-13-14-15-16-17-18-19-20-21-25-22-23-26(24-28)27-25/h15-16,22-24,27H,2-14,17-21H2,1H3. The zero-order valence-corrected chi connectivity index (χ0v) is 18.5. The van der Waals surface area contributed by atoms with Crippen molar-refractivity contribution in [3.8, 4) is 0 Å². The summed E-state index contributed by atoms with van der Waals surface area (Å²) in [7, 11) is 0. The molecule has 0 aliphatic heterocycles. The quantitative estimate of drug-likeness (QED) is 0.136. The number of carbonyl (C=O) groups is 1. The molecule has 1 aromatic rings. The van der Waals surface area contributed by atoms with E-state index in [0.717, 1.165) is 12.7 Å². The number of aldehydes is 1. The van der Waals surface area contributed by atoms with E-state index in [-0.39, 0.29) is 0 Å². The lowest BCUT2D eigenvalue weighted by molar-refractivity contribution is 0.111. The number of aromatic amines is 1. The zero-order valence-electron chi connectivity index (χ0n) is 18.5. The maximum absolute atomic E-state index is 10.6. The minimum atomic E-state index is 0.690. The molecule has 2 nitrogen and oxygen atoms in total. The molecule has 0 fully saturated rings. The molecule has 0 spiro atoms. The van der Waals surface area contributed by atoms with Crippen molar-refractivity contribution in [3.63, 3.8) is 0 Å². The van der Waals surface area contributed by atoms with Crippen LogP contribution >= 0.6 is 0 Å². The van der Waals surface area contributed by atoms with Crippen LogP contribution in [0.25, 0.3) is 0 Å². The van der Waals surface area contributed by atoms with Gasteiger partial charge in [0, 0.05) is 5.69 Å². The number of aryl methyl sites for hydroxylation is 1. The van der Waals surface area contributed by atoms with E-state index in [4.69, 9.17) is 0 Å². The molecule has 1 aromatic heterocycles. The molecule has 0 atom stereocenters. The molecule has 160 valence electrons. The molecule has 2 heteroatoms. The molecule has 0 radical (unpaired) electrons. The number of H-pyrrole nitrogens is 1. The molecule has 1 N–H and O–H groups in total. The minimum absolute atomic E-state index is 0.690. The Morgan fingerprint density at radius 1 is 0.679 bits per heavy atom. The Morgan fingerprint density at radius 3 is 1.68 bits per heavy atom. The van der Waals surface area contributed by atoms with E-state index in [1.54, 1.807) is 0 Å². The average Bonchev–Trinajstić information content (AvgIpc) is 3.18. The van der Waals surface area contributed by atoms with Crippen molar-refractivity contribution in [2.45, 2.75) is 122 Å². The average molecular weight is 388 g/mol. The van der Waals surface area contributed by atoms with Gasteiger partial charge in [0.05, 0.1) is 5.69 Å². The molecule has 0 saturated heterocycles. The van der Waals surface area contributed by atoms with Gasteiger partial charge in [-0.2, -0.15) is 0 Å². The Balaban J connectivity index is 1.76. The smallest absolute Gasteiger partial charge is 0.166 e.